The summed E-state index contributed by atoms with van der Waals surface area (Å²) in [5, 5.41) is 1.31. The van der Waals surface area contributed by atoms with Crippen molar-refractivity contribution >= 4 is 23.6 Å². The highest BCUT2D eigenvalue weighted by atomic mass is 32.2. The van der Waals surface area contributed by atoms with Crippen molar-refractivity contribution in [1.82, 2.24) is 19.4 Å². The molecule has 3 heterocycles. The Morgan fingerprint density at radius 3 is 2.48 bits per heavy atom. The number of methoxy groups -OCH3 is 2. The summed E-state index contributed by atoms with van der Waals surface area (Å²) in [5.74, 6) is -0.176. The van der Waals surface area contributed by atoms with Crippen LogP contribution < -0.4 is 5.56 Å². The summed E-state index contributed by atoms with van der Waals surface area (Å²) in [5.41, 5.74) is 3.56. The molecule has 5 rings (SSSR count). The molecule has 1 aromatic carbocycles. The fourth-order valence-corrected chi connectivity index (χ4v) is 7.19. The molecule has 0 atom stereocenters. The number of hydrogen-bond donors (Lipinski definition) is 0. The first-order chi connectivity index (χ1) is 19.4. The maximum atomic E-state index is 13.6. The molecule has 0 radical (unpaired) electrons. The van der Waals surface area contributed by atoms with E-state index >= 15 is 0 Å². The van der Waals surface area contributed by atoms with Gasteiger partial charge in [0, 0.05) is 45.0 Å². The van der Waals surface area contributed by atoms with Crippen molar-refractivity contribution < 1.29 is 19.1 Å². The Bertz CT molecular complexity index is 1250. The van der Waals surface area contributed by atoms with Gasteiger partial charge in [0.05, 0.1) is 50.4 Å². The lowest BCUT2D eigenvalue weighted by Crippen LogP contribution is -2.55. The number of carbonyl (C=O) groups excluding carboxylic acids is 2. The van der Waals surface area contributed by atoms with E-state index in [-0.39, 0.29) is 29.8 Å². The zero-order valence-electron chi connectivity index (χ0n) is 23.6. The molecule has 0 N–H and O–H groups in total. The topological polar surface area (TPSA) is 94.0 Å². The number of hydrogen-bond acceptors (Lipinski definition) is 8. The Morgan fingerprint density at radius 2 is 1.77 bits per heavy atom. The first kappa shape index (κ1) is 28.8. The Morgan fingerprint density at radius 1 is 1.05 bits per heavy atom. The van der Waals surface area contributed by atoms with Crippen LogP contribution in [-0.2, 0) is 51.5 Å². The van der Waals surface area contributed by atoms with Crippen molar-refractivity contribution in [2.75, 3.05) is 40.5 Å². The van der Waals surface area contributed by atoms with Crippen LogP contribution in [0.1, 0.15) is 54.5 Å². The fourth-order valence-electron chi connectivity index (χ4n) is 5.86. The molecule has 0 spiro atoms. The summed E-state index contributed by atoms with van der Waals surface area (Å²) in [7, 11) is 3.04. The molecule has 40 heavy (non-hydrogen) atoms. The lowest BCUT2D eigenvalue weighted by atomic mass is 9.95. The normalized spacial score (nSPS) is 18.3. The predicted octanol–water partition coefficient (Wildman–Crippen LogP) is 3.05. The number of rotatable bonds is 10. The van der Waals surface area contributed by atoms with Crippen LogP contribution in [0.2, 0.25) is 0 Å². The van der Waals surface area contributed by atoms with Crippen molar-refractivity contribution in [3.8, 4) is 0 Å². The number of esters is 1. The highest BCUT2D eigenvalue weighted by Crippen LogP contribution is 2.33. The molecule has 1 saturated heterocycles. The Balaban J connectivity index is 1.19. The monoisotopic (exact) mass is 568 g/mol. The van der Waals surface area contributed by atoms with E-state index < -0.39 is 0 Å². The number of carbonyl (C=O) groups is 2. The van der Waals surface area contributed by atoms with E-state index in [1.165, 1.54) is 39.2 Å². The Kier molecular flexibility index (Phi) is 9.59. The molecule has 0 bridgehead atoms. The van der Waals surface area contributed by atoms with E-state index in [4.69, 9.17) is 14.5 Å². The molecule has 3 aliphatic rings. The van der Waals surface area contributed by atoms with Crippen molar-refractivity contribution in [3.05, 3.63) is 57.0 Å². The fraction of sp³-hybridized carbons (Fsp3) is 0.600. The minimum absolute atomic E-state index is 0.0243. The van der Waals surface area contributed by atoms with Crippen molar-refractivity contribution in [1.29, 1.82) is 0 Å². The van der Waals surface area contributed by atoms with Crippen LogP contribution in [0.25, 0.3) is 0 Å². The standard InChI is InChI=1S/C30H40N4O5S/c1-38-15-14-34-29(37)25-20-33(13-12-26(25)31-30(34)40-24-6-4-3-5-7-24)28(36)23-18-32(19-23)17-22-10-8-21(9-11-22)16-27(35)39-2/h8-11,23-24H,3-7,12-20H2,1-2H3. The summed E-state index contributed by atoms with van der Waals surface area (Å²) in [6.07, 6.45) is 7.00. The summed E-state index contributed by atoms with van der Waals surface area (Å²) >= 11 is 1.75. The summed E-state index contributed by atoms with van der Waals surface area (Å²) in [4.78, 5) is 47.6. The molecule has 10 heteroatoms. The number of nitrogens with zero attached hydrogens (tertiary/aromatic N) is 4. The third-order valence-corrected chi connectivity index (χ3v) is 9.57. The lowest BCUT2D eigenvalue weighted by molar-refractivity contribution is -0.142. The number of aromatic nitrogens is 2. The van der Waals surface area contributed by atoms with E-state index in [2.05, 4.69) is 4.90 Å². The molecule has 1 aliphatic carbocycles. The van der Waals surface area contributed by atoms with E-state index in [0.29, 0.717) is 56.6 Å². The maximum Gasteiger partial charge on any atom is 0.309 e. The molecular formula is C30H40N4O5S. The third kappa shape index (κ3) is 6.78. The number of fused-ring (bicyclic) bond motifs is 1. The van der Waals surface area contributed by atoms with Gasteiger partial charge in [-0.15, -0.1) is 0 Å². The minimum Gasteiger partial charge on any atom is -0.469 e. The summed E-state index contributed by atoms with van der Waals surface area (Å²) in [6.45, 7) is 4.04. The molecular weight excluding hydrogens is 528 g/mol. The second kappa shape index (κ2) is 13.3. The average molecular weight is 569 g/mol. The van der Waals surface area contributed by atoms with Gasteiger partial charge >= 0.3 is 5.97 Å². The lowest BCUT2D eigenvalue weighted by Gasteiger charge is -2.41. The molecule has 1 amide bonds. The van der Waals surface area contributed by atoms with Gasteiger partial charge in [0.25, 0.3) is 5.56 Å². The van der Waals surface area contributed by atoms with Crippen molar-refractivity contribution in [2.24, 2.45) is 5.92 Å². The number of benzene rings is 1. The van der Waals surface area contributed by atoms with Gasteiger partial charge in [-0.3, -0.25) is 23.9 Å². The molecule has 9 nitrogen and oxygen atoms in total. The molecule has 2 aromatic rings. The molecule has 2 fully saturated rings. The molecule has 0 unspecified atom stereocenters. The summed E-state index contributed by atoms with van der Waals surface area (Å²) < 4.78 is 11.8. The van der Waals surface area contributed by atoms with Gasteiger partial charge in [-0.05, 0) is 24.0 Å². The van der Waals surface area contributed by atoms with Crippen LogP contribution in [0.4, 0.5) is 0 Å². The SMILES string of the molecule is COCCn1c(SC2CCCCC2)nc2c(c1=O)CN(C(=O)C1CN(Cc3ccc(CC(=O)OC)cc3)C1)CC2. The predicted molar refractivity (Wildman–Crippen MR) is 153 cm³/mol. The highest BCUT2D eigenvalue weighted by Gasteiger charge is 2.37. The third-order valence-electron chi connectivity index (χ3n) is 8.25. The van der Waals surface area contributed by atoms with Gasteiger partial charge in [0.15, 0.2) is 5.16 Å². The molecule has 1 saturated carbocycles. The van der Waals surface area contributed by atoms with E-state index in [1.807, 2.05) is 29.2 Å². The zero-order valence-corrected chi connectivity index (χ0v) is 24.4. The van der Waals surface area contributed by atoms with Gasteiger partial charge in [-0.2, -0.15) is 0 Å². The van der Waals surface area contributed by atoms with Crippen molar-refractivity contribution in [2.45, 2.75) is 75.0 Å². The van der Waals surface area contributed by atoms with Crippen LogP contribution >= 0.6 is 11.8 Å². The van der Waals surface area contributed by atoms with Gasteiger partial charge in [-0.25, -0.2) is 4.98 Å². The smallest absolute Gasteiger partial charge is 0.309 e. The van der Waals surface area contributed by atoms with Gasteiger partial charge in [0.2, 0.25) is 5.91 Å². The number of ether oxygens (including phenoxy) is 2. The average Bonchev–Trinajstić information content (AvgIpc) is 2.95. The summed E-state index contributed by atoms with van der Waals surface area (Å²) in [6, 6.07) is 7.95. The largest absolute Gasteiger partial charge is 0.469 e. The minimum atomic E-state index is -0.249. The highest BCUT2D eigenvalue weighted by molar-refractivity contribution is 7.99. The maximum absolute atomic E-state index is 13.6. The number of amides is 1. The van der Waals surface area contributed by atoms with Crippen LogP contribution in [0.5, 0.6) is 0 Å². The molecule has 216 valence electrons. The second-order valence-electron chi connectivity index (χ2n) is 11.1. The molecule has 2 aliphatic heterocycles. The first-order valence-electron chi connectivity index (χ1n) is 14.4. The van der Waals surface area contributed by atoms with Crippen molar-refractivity contribution in [3.63, 3.8) is 0 Å². The zero-order chi connectivity index (χ0) is 28.1. The quantitative estimate of drug-likeness (QED) is 0.319. The number of thioether (sulfide) groups is 1. The van der Waals surface area contributed by atoms with Gasteiger partial charge < -0.3 is 14.4 Å². The van der Waals surface area contributed by atoms with Crippen LogP contribution in [0, 0.1) is 5.92 Å². The molecule has 1 aromatic heterocycles. The Hall–Kier alpha value is -2.69. The Labute approximate surface area is 240 Å². The number of likely N-dealkylation sites (tertiary alicyclic amines) is 1. The second-order valence-corrected chi connectivity index (χ2v) is 12.4. The van der Waals surface area contributed by atoms with Gasteiger partial charge in [0.1, 0.15) is 0 Å². The van der Waals surface area contributed by atoms with E-state index in [0.717, 1.165) is 28.5 Å². The van der Waals surface area contributed by atoms with E-state index in [9.17, 15) is 14.4 Å². The van der Waals surface area contributed by atoms with Crippen LogP contribution in [0.15, 0.2) is 34.2 Å². The van der Waals surface area contributed by atoms with Gasteiger partial charge in [-0.1, -0.05) is 55.3 Å². The first-order valence-corrected chi connectivity index (χ1v) is 15.3. The van der Waals surface area contributed by atoms with Crippen LogP contribution in [-0.4, -0.2) is 76.9 Å². The van der Waals surface area contributed by atoms with E-state index in [1.54, 1.807) is 23.4 Å². The van der Waals surface area contributed by atoms with Crippen LogP contribution in [0.3, 0.4) is 0 Å².